The van der Waals surface area contributed by atoms with Gasteiger partial charge in [-0.3, -0.25) is 9.69 Å². The highest BCUT2D eigenvalue weighted by Crippen LogP contribution is 2.32. The van der Waals surface area contributed by atoms with Crippen LogP contribution in [0.15, 0.2) is 78.9 Å². The SMILES string of the molecule is CCCCCCCCCCNC(=O)Nc1ccc(N(C)C)cc1C(=O)NCC1CCN(C(c2ccccc2)c2ccccc2)CC1. The van der Waals surface area contributed by atoms with Gasteiger partial charge in [0.05, 0.1) is 17.3 Å². The van der Waals surface area contributed by atoms with Crippen LogP contribution in [0.1, 0.15) is 98.7 Å². The Morgan fingerprint density at radius 3 is 1.96 bits per heavy atom. The number of carbonyl (C=O) groups is 2. The first-order chi connectivity index (χ1) is 22.5. The van der Waals surface area contributed by atoms with Crippen molar-refractivity contribution in [1.82, 2.24) is 15.5 Å². The Bertz CT molecular complexity index is 1280. The zero-order chi connectivity index (χ0) is 32.6. The lowest BCUT2D eigenvalue weighted by molar-refractivity contribution is 0.0931. The van der Waals surface area contributed by atoms with Gasteiger partial charge < -0.3 is 20.9 Å². The minimum absolute atomic E-state index is 0.157. The quantitative estimate of drug-likeness (QED) is 0.132. The average molecular weight is 626 g/mol. The van der Waals surface area contributed by atoms with Crippen molar-refractivity contribution >= 4 is 23.3 Å². The molecule has 3 aromatic rings. The third-order valence-electron chi connectivity index (χ3n) is 9.12. The van der Waals surface area contributed by atoms with Crippen LogP contribution in [0.5, 0.6) is 0 Å². The van der Waals surface area contributed by atoms with E-state index in [0.717, 1.165) is 44.5 Å². The second-order valence-electron chi connectivity index (χ2n) is 12.9. The van der Waals surface area contributed by atoms with Crippen molar-refractivity contribution in [3.8, 4) is 0 Å². The van der Waals surface area contributed by atoms with Crippen molar-refractivity contribution in [2.24, 2.45) is 5.92 Å². The summed E-state index contributed by atoms with van der Waals surface area (Å²) in [6.07, 6.45) is 11.8. The van der Waals surface area contributed by atoms with Gasteiger partial charge in [0.15, 0.2) is 0 Å². The fraction of sp³-hybridized carbons (Fsp3) is 0.487. The molecule has 1 heterocycles. The highest BCUT2D eigenvalue weighted by molar-refractivity contribution is 6.04. The number of benzene rings is 3. The topological polar surface area (TPSA) is 76.7 Å². The van der Waals surface area contributed by atoms with Gasteiger partial charge in [0.2, 0.25) is 0 Å². The molecule has 3 N–H and O–H groups in total. The summed E-state index contributed by atoms with van der Waals surface area (Å²) in [6, 6.07) is 27.0. The van der Waals surface area contributed by atoms with E-state index >= 15 is 0 Å². The van der Waals surface area contributed by atoms with Gasteiger partial charge in [-0.2, -0.15) is 0 Å². The molecule has 0 unspecified atom stereocenters. The molecule has 0 radical (unpaired) electrons. The van der Waals surface area contributed by atoms with Crippen LogP contribution < -0.4 is 20.9 Å². The Balaban J connectivity index is 1.28. The molecule has 1 saturated heterocycles. The smallest absolute Gasteiger partial charge is 0.319 e. The molecule has 0 aromatic heterocycles. The van der Waals surface area contributed by atoms with Crippen molar-refractivity contribution in [3.63, 3.8) is 0 Å². The number of unbranched alkanes of at least 4 members (excludes halogenated alkanes) is 7. The molecule has 4 rings (SSSR count). The summed E-state index contributed by atoms with van der Waals surface area (Å²) in [4.78, 5) is 30.8. The first-order valence-electron chi connectivity index (χ1n) is 17.4. The molecule has 0 spiro atoms. The zero-order valence-electron chi connectivity index (χ0n) is 28.3. The Morgan fingerprint density at radius 2 is 1.37 bits per heavy atom. The molecule has 0 bridgehead atoms. The molecule has 248 valence electrons. The van der Waals surface area contributed by atoms with E-state index in [-0.39, 0.29) is 18.0 Å². The van der Waals surface area contributed by atoms with E-state index in [9.17, 15) is 9.59 Å². The van der Waals surface area contributed by atoms with Crippen LogP contribution in [0.25, 0.3) is 0 Å². The van der Waals surface area contributed by atoms with E-state index in [1.807, 2.05) is 37.2 Å². The van der Waals surface area contributed by atoms with Crippen LogP contribution in [0.3, 0.4) is 0 Å². The van der Waals surface area contributed by atoms with Crippen molar-refractivity contribution in [2.75, 3.05) is 50.5 Å². The van der Waals surface area contributed by atoms with E-state index in [1.165, 1.54) is 49.7 Å². The summed E-state index contributed by atoms with van der Waals surface area (Å²) >= 11 is 0. The minimum atomic E-state index is -0.270. The molecule has 0 aliphatic carbocycles. The second kappa shape index (κ2) is 19.0. The first-order valence-corrected chi connectivity index (χ1v) is 17.4. The number of amides is 3. The lowest BCUT2D eigenvalue weighted by Crippen LogP contribution is -2.40. The number of anilines is 2. The van der Waals surface area contributed by atoms with Crippen LogP contribution >= 0.6 is 0 Å². The van der Waals surface area contributed by atoms with Crippen LogP contribution in [0.4, 0.5) is 16.2 Å². The molecule has 0 atom stereocenters. The molecule has 1 aliphatic rings. The maximum Gasteiger partial charge on any atom is 0.319 e. The molecule has 1 fully saturated rings. The third-order valence-corrected chi connectivity index (χ3v) is 9.12. The zero-order valence-corrected chi connectivity index (χ0v) is 28.3. The largest absolute Gasteiger partial charge is 0.378 e. The predicted molar refractivity (Wildman–Crippen MR) is 192 cm³/mol. The van der Waals surface area contributed by atoms with E-state index in [4.69, 9.17) is 0 Å². The molecule has 3 amide bonds. The monoisotopic (exact) mass is 625 g/mol. The van der Waals surface area contributed by atoms with Gasteiger partial charge in [0, 0.05) is 32.9 Å². The Kier molecular flexibility index (Phi) is 14.4. The fourth-order valence-electron chi connectivity index (χ4n) is 6.37. The normalized spacial score (nSPS) is 13.8. The predicted octanol–water partition coefficient (Wildman–Crippen LogP) is 8.25. The third kappa shape index (κ3) is 10.9. The molecule has 46 heavy (non-hydrogen) atoms. The highest BCUT2D eigenvalue weighted by atomic mass is 16.2. The molecular formula is C39H55N5O2. The van der Waals surface area contributed by atoms with Gasteiger partial charge in [-0.15, -0.1) is 0 Å². The molecule has 3 aromatic carbocycles. The highest BCUT2D eigenvalue weighted by Gasteiger charge is 2.28. The van der Waals surface area contributed by atoms with Gasteiger partial charge in [-0.05, 0) is 67.6 Å². The second-order valence-corrected chi connectivity index (χ2v) is 12.9. The number of nitrogens with zero attached hydrogens (tertiary/aromatic N) is 2. The Hall–Kier alpha value is -3.84. The molecular weight excluding hydrogens is 570 g/mol. The van der Waals surface area contributed by atoms with Crippen LogP contribution in [0, 0.1) is 5.92 Å². The fourth-order valence-corrected chi connectivity index (χ4v) is 6.37. The minimum Gasteiger partial charge on any atom is -0.378 e. The molecule has 7 nitrogen and oxygen atoms in total. The lowest BCUT2D eigenvalue weighted by Gasteiger charge is -2.38. The van der Waals surface area contributed by atoms with Crippen molar-refractivity contribution in [3.05, 3.63) is 95.6 Å². The summed E-state index contributed by atoms with van der Waals surface area (Å²) in [5.74, 6) is 0.242. The number of piperidine rings is 1. The van der Waals surface area contributed by atoms with Gasteiger partial charge in [0.1, 0.15) is 0 Å². The number of nitrogens with one attached hydrogen (secondary N) is 3. The molecule has 7 heteroatoms. The van der Waals surface area contributed by atoms with Crippen LogP contribution in [-0.4, -0.2) is 57.1 Å². The maximum atomic E-state index is 13.5. The molecule has 0 saturated carbocycles. The number of likely N-dealkylation sites (tertiary alicyclic amines) is 1. The van der Waals surface area contributed by atoms with Gasteiger partial charge in [-0.25, -0.2) is 4.79 Å². The summed E-state index contributed by atoms with van der Waals surface area (Å²) in [7, 11) is 3.90. The first kappa shape index (κ1) is 35.0. The standard InChI is InChI=1S/C39H55N5O2/c1-4-5-6-7-8-9-10-17-26-40-39(46)42-36-23-22-34(43(2)3)29-35(36)38(45)41-30-31-24-27-44(28-25-31)37(32-18-13-11-14-19-32)33-20-15-12-16-21-33/h11-16,18-23,29,31,37H,4-10,17,24-28,30H2,1-3H3,(H,41,45)(H2,40,42,46). The summed E-state index contributed by atoms with van der Waals surface area (Å²) in [6.45, 7) is 5.42. The Labute approximate surface area is 277 Å². The van der Waals surface area contributed by atoms with E-state index < -0.39 is 0 Å². The number of hydrogen-bond donors (Lipinski definition) is 3. The van der Waals surface area contributed by atoms with E-state index in [0.29, 0.717) is 30.3 Å². The maximum absolute atomic E-state index is 13.5. The molecule has 1 aliphatic heterocycles. The number of rotatable bonds is 17. The van der Waals surface area contributed by atoms with Crippen molar-refractivity contribution in [1.29, 1.82) is 0 Å². The van der Waals surface area contributed by atoms with Crippen molar-refractivity contribution < 1.29 is 9.59 Å². The van der Waals surface area contributed by atoms with Gasteiger partial charge in [-0.1, -0.05) is 113 Å². The lowest BCUT2D eigenvalue weighted by atomic mass is 9.91. The van der Waals surface area contributed by atoms with Gasteiger partial charge >= 0.3 is 6.03 Å². The summed E-state index contributed by atoms with van der Waals surface area (Å²) in [5, 5.41) is 9.10. The number of hydrogen-bond acceptors (Lipinski definition) is 4. The van der Waals surface area contributed by atoms with Crippen LogP contribution in [0.2, 0.25) is 0 Å². The van der Waals surface area contributed by atoms with Gasteiger partial charge in [0.25, 0.3) is 5.91 Å². The van der Waals surface area contributed by atoms with E-state index in [1.54, 1.807) is 0 Å². The Morgan fingerprint density at radius 1 is 0.783 bits per heavy atom. The summed E-state index contributed by atoms with van der Waals surface area (Å²) in [5.41, 5.74) is 4.54. The number of urea groups is 1. The van der Waals surface area contributed by atoms with E-state index in [2.05, 4.69) is 88.4 Å². The van der Waals surface area contributed by atoms with Crippen LogP contribution in [-0.2, 0) is 0 Å². The number of carbonyl (C=O) groups excluding carboxylic acids is 2. The van der Waals surface area contributed by atoms with Crippen molar-refractivity contribution in [2.45, 2.75) is 77.2 Å². The average Bonchev–Trinajstić information content (AvgIpc) is 3.08. The summed E-state index contributed by atoms with van der Waals surface area (Å²) < 4.78 is 0.